The maximum absolute atomic E-state index is 12.8. The van der Waals surface area contributed by atoms with Gasteiger partial charge in [-0.3, -0.25) is 4.79 Å². The summed E-state index contributed by atoms with van der Waals surface area (Å²) in [6.07, 6.45) is 5.73. The SMILES string of the molecule is CC=CC(OC)C(C)C(OC)C(C)C(=O)NC(C(C)=CC)C(C)C. The Morgan fingerprint density at radius 3 is 2.00 bits per heavy atom. The van der Waals surface area contributed by atoms with Crippen LogP contribution in [0.25, 0.3) is 0 Å². The third-order valence-electron chi connectivity index (χ3n) is 4.78. The molecule has 0 aliphatic carbocycles. The Kier molecular flexibility index (Phi) is 10.9. The largest absolute Gasteiger partial charge is 0.380 e. The van der Waals surface area contributed by atoms with Crippen molar-refractivity contribution in [2.75, 3.05) is 14.2 Å². The molecule has 0 aromatic carbocycles. The molecule has 0 bridgehead atoms. The normalized spacial score (nSPS) is 19.2. The maximum Gasteiger partial charge on any atom is 0.225 e. The number of rotatable bonds is 10. The van der Waals surface area contributed by atoms with Crippen LogP contribution in [0.1, 0.15) is 48.5 Å². The van der Waals surface area contributed by atoms with Crippen LogP contribution >= 0.6 is 0 Å². The van der Waals surface area contributed by atoms with Gasteiger partial charge in [0.05, 0.1) is 24.2 Å². The summed E-state index contributed by atoms with van der Waals surface area (Å²) in [6, 6.07) is 0.0477. The van der Waals surface area contributed by atoms with Gasteiger partial charge < -0.3 is 14.8 Å². The number of methoxy groups -OCH3 is 2. The average molecular weight is 340 g/mol. The Labute approximate surface area is 148 Å². The molecular formula is C20H37NO3. The highest BCUT2D eigenvalue weighted by atomic mass is 16.5. The van der Waals surface area contributed by atoms with E-state index in [1.807, 2.05) is 32.9 Å². The molecule has 0 fully saturated rings. The number of hydrogen-bond acceptors (Lipinski definition) is 3. The Morgan fingerprint density at radius 1 is 1.04 bits per heavy atom. The van der Waals surface area contributed by atoms with E-state index in [9.17, 15) is 4.79 Å². The van der Waals surface area contributed by atoms with Crippen molar-refractivity contribution in [2.45, 2.75) is 66.7 Å². The molecule has 0 saturated heterocycles. The van der Waals surface area contributed by atoms with Crippen LogP contribution in [0.2, 0.25) is 0 Å². The molecule has 5 unspecified atom stereocenters. The fourth-order valence-electron chi connectivity index (χ4n) is 3.14. The second-order valence-corrected chi connectivity index (χ2v) is 6.84. The minimum absolute atomic E-state index is 0.0175. The zero-order valence-corrected chi connectivity index (χ0v) is 16.9. The number of hydrogen-bond donors (Lipinski definition) is 1. The number of ether oxygens (including phenoxy) is 2. The topological polar surface area (TPSA) is 47.6 Å². The molecule has 0 aromatic heterocycles. The monoisotopic (exact) mass is 339 g/mol. The van der Waals surface area contributed by atoms with Crippen LogP contribution in [-0.2, 0) is 14.3 Å². The molecule has 0 spiro atoms. The van der Waals surface area contributed by atoms with E-state index in [4.69, 9.17) is 9.47 Å². The van der Waals surface area contributed by atoms with Crippen molar-refractivity contribution in [2.24, 2.45) is 17.8 Å². The van der Waals surface area contributed by atoms with Crippen LogP contribution in [0.4, 0.5) is 0 Å². The molecule has 0 heterocycles. The van der Waals surface area contributed by atoms with E-state index in [1.165, 1.54) is 5.57 Å². The predicted octanol–water partition coefficient (Wildman–Crippen LogP) is 3.97. The fraction of sp³-hybridized carbons (Fsp3) is 0.750. The van der Waals surface area contributed by atoms with E-state index in [1.54, 1.807) is 14.2 Å². The summed E-state index contributed by atoms with van der Waals surface area (Å²) in [6.45, 7) is 14.2. The van der Waals surface area contributed by atoms with Crippen LogP contribution in [0.3, 0.4) is 0 Å². The second kappa shape index (κ2) is 11.4. The van der Waals surface area contributed by atoms with Crippen LogP contribution in [-0.4, -0.2) is 38.4 Å². The van der Waals surface area contributed by atoms with Crippen LogP contribution in [0, 0.1) is 17.8 Å². The van der Waals surface area contributed by atoms with Crippen LogP contribution in [0.15, 0.2) is 23.8 Å². The standard InChI is InChI=1S/C20H37NO3/c1-10-12-17(23-8)15(6)19(24-9)16(7)20(22)21-18(13(3)4)14(5)11-2/h10-13,15-19H,1-9H3,(H,21,22). The molecule has 5 atom stereocenters. The van der Waals surface area contributed by atoms with E-state index < -0.39 is 0 Å². The summed E-state index contributed by atoms with van der Waals surface area (Å²) >= 11 is 0. The Hall–Kier alpha value is -1.13. The van der Waals surface area contributed by atoms with Gasteiger partial charge in [0.15, 0.2) is 0 Å². The number of carbonyl (C=O) groups excluding carboxylic acids is 1. The minimum atomic E-state index is -0.265. The van der Waals surface area contributed by atoms with Gasteiger partial charge in [0.1, 0.15) is 0 Å². The predicted molar refractivity (Wildman–Crippen MR) is 101 cm³/mol. The summed E-state index contributed by atoms with van der Waals surface area (Å²) < 4.78 is 11.2. The van der Waals surface area contributed by atoms with Crippen molar-refractivity contribution in [3.8, 4) is 0 Å². The molecule has 4 nitrogen and oxygen atoms in total. The number of allylic oxidation sites excluding steroid dienone is 2. The highest BCUT2D eigenvalue weighted by Gasteiger charge is 2.33. The first kappa shape index (κ1) is 22.9. The minimum Gasteiger partial charge on any atom is -0.380 e. The molecule has 1 amide bonds. The van der Waals surface area contributed by atoms with Gasteiger partial charge in [-0.15, -0.1) is 0 Å². The number of carbonyl (C=O) groups is 1. The maximum atomic E-state index is 12.8. The van der Waals surface area contributed by atoms with Gasteiger partial charge in [0, 0.05) is 20.1 Å². The molecule has 0 saturated carbocycles. The van der Waals surface area contributed by atoms with Gasteiger partial charge >= 0.3 is 0 Å². The zero-order chi connectivity index (χ0) is 18.9. The van der Waals surface area contributed by atoms with Gasteiger partial charge in [0.2, 0.25) is 5.91 Å². The summed E-state index contributed by atoms with van der Waals surface area (Å²) in [5.41, 5.74) is 1.18. The van der Waals surface area contributed by atoms with Crippen LogP contribution in [0.5, 0.6) is 0 Å². The molecule has 0 rings (SSSR count). The lowest BCUT2D eigenvalue weighted by atomic mass is 9.87. The smallest absolute Gasteiger partial charge is 0.225 e. The highest BCUT2D eigenvalue weighted by molar-refractivity contribution is 5.79. The summed E-state index contributed by atoms with van der Waals surface area (Å²) in [4.78, 5) is 12.8. The lowest BCUT2D eigenvalue weighted by molar-refractivity contribution is -0.132. The molecule has 0 radical (unpaired) electrons. The highest BCUT2D eigenvalue weighted by Crippen LogP contribution is 2.23. The number of nitrogens with one attached hydrogen (secondary N) is 1. The van der Waals surface area contributed by atoms with Crippen molar-refractivity contribution in [1.82, 2.24) is 5.32 Å². The second-order valence-electron chi connectivity index (χ2n) is 6.84. The lowest BCUT2D eigenvalue weighted by Crippen LogP contribution is -2.47. The molecule has 1 N–H and O–H groups in total. The molecule has 4 heteroatoms. The first-order chi connectivity index (χ1) is 11.2. The van der Waals surface area contributed by atoms with Crippen LogP contribution < -0.4 is 5.32 Å². The Bertz CT molecular complexity index is 429. The third kappa shape index (κ3) is 6.40. The molecule has 0 aromatic rings. The molecular weight excluding hydrogens is 302 g/mol. The lowest BCUT2D eigenvalue weighted by Gasteiger charge is -2.33. The van der Waals surface area contributed by atoms with Crippen molar-refractivity contribution in [3.05, 3.63) is 23.8 Å². The van der Waals surface area contributed by atoms with Gasteiger partial charge in [0.25, 0.3) is 0 Å². The molecule has 140 valence electrons. The molecule has 0 aliphatic rings. The average Bonchev–Trinajstić information content (AvgIpc) is 2.56. The van der Waals surface area contributed by atoms with E-state index in [0.717, 1.165) is 0 Å². The third-order valence-corrected chi connectivity index (χ3v) is 4.78. The van der Waals surface area contributed by atoms with E-state index in [2.05, 4.69) is 39.1 Å². The summed E-state index contributed by atoms with van der Waals surface area (Å²) in [5.74, 6) is 0.158. The quantitative estimate of drug-likeness (QED) is 0.613. The van der Waals surface area contributed by atoms with Gasteiger partial charge in [-0.2, -0.15) is 0 Å². The van der Waals surface area contributed by atoms with E-state index in [0.29, 0.717) is 5.92 Å². The fourth-order valence-corrected chi connectivity index (χ4v) is 3.14. The Balaban J connectivity index is 5.18. The van der Waals surface area contributed by atoms with Crippen molar-refractivity contribution >= 4 is 5.91 Å². The van der Waals surface area contributed by atoms with Gasteiger partial charge in [-0.1, -0.05) is 51.5 Å². The van der Waals surface area contributed by atoms with Gasteiger partial charge in [-0.25, -0.2) is 0 Å². The molecule has 0 aliphatic heterocycles. The van der Waals surface area contributed by atoms with E-state index >= 15 is 0 Å². The zero-order valence-electron chi connectivity index (χ0n) is 16.9. The summed E-state index contributed by atoms with van der Waals surface area (Å²) in [5, 5.41) is 3.18. The Morgan fingerprint density at radius 2 is 1.62 bits per heavy atom. The first-order valence-corrected chi connectivity index (χ1v) is 8.86. The van der Waals surface area contributed by atoms with Gasteiger partial charge in [-0.05, 0) is 26.7 Å². The van der Waals surface area contributed by atoms with Crippen molar-refractivity contribution < 1.29 is 14.3 Å². The molecule has 24 heavy (non-hydrogen) atoms. The number of amides is 1. The summed E-state index contributed by atoms with van der Waals surface area (Å²) in [7, 11) is 3.34. The van der Waals surface area contributed by atoms with Crippen molar-refractivity contribution in [3.63, 3.8) is 0 Å². The first-order valence-electron chi connectivity index (χ1n) is 8.86. The van der Waals surface area contributed by atoms with E-state index in [-0.39, 0.29) is 36.0 Å². The van der Waals surface area contributed by atoms with Crippen molar-refractivity contribution in [1.29, 1.82) is 0 Å².